The first-order valence-electron chi connectivity index (χ1n) is 5.54. The van der Waals surface area contributed by atoms with Crippen LogP contribution in [-0.4, -0.2) is 33.9 Å². The highest BCUT2D eigenvalue weighted by atomic mass is 16.3. The van der Waals surface area contributed by atoms with E-state index < -0.39 is 29.8 Å². The minimum absolute atomic E-state index is 0.213. The van der Waals surface area contributed by atoms with Crippen LogP contribution in [0.15, 0.2) is 18.2 Å². The number of Topliss-reactive ketones (excluding diaryl/α,β-unsaturated/α-hetero) is 1. The number of hydrogen-bond acceptors (Lipinski definition) is 5. The van der Waals surface area contributed by atoms with Crippen LogP contribution in [0.4, 0.5) is 5.69 Å². The van der Waals surface area contributed by atoms with E-state index in [0.717, 1.165) is 0 Å². The second-order valence-corrected chi connectivity index (χ2v) is 4.27. The SMILES string of the molecule is NC(=O)CC(O)C(O)c1ccc2c(c1)NC(=O)C2=O. The molecule has 19 heavy (non-hydrogen) atoms. The Balaban J connectivity index is 2.24. The fourth-order valence-corrected chi connectivity index (χ4v) is 1.89. The minimum atomic E-state index is -1.34. The number of fused-ring (bicyclic) bond motifs is 1. The maximum absolute atomic E-state index is 11.4. The Kier molecular flexibility index (Phi) is 3.32. The molecular formula is C12H12N2O5. The molecule has 7 heteroatoms. The van der Waals surface area contributed by atoms with E-state index in [9.17, 15) is 24.6 Å². The van der Waals surface area contributed by atoms with Gasteiger partial charge in [-0.2, -0.15) is 0 Å². The molecule has 2 atom stereocenters. The maximum atomic E-state index is 11.4. The van der Waals surface area contributed by atoms with Gasteiger partial charge in [0.25, 0.3) is 11.7 Å². The Morgan fingerprint density at radius 2 is 2.00 bits per heavy atom. The van der Waals surface area contributed by atoms with Crippen LogP contribution in [0, 0.1) is 0 Å². The molecule has 7 nitrogen and oxygen atoms in total. The van der Waals surface area contributed by atoms with Crippen LogP contribution < -0.4 is 11.1 Å². The van der Waals surface area contributed by atoms with Gasteiger partial charge in [-0.25, -0.2) is 0 Å². The van der Waals surface area contributed by atoms with Crippen molar-refractivity contribution in [1.29, 1.82) is 0 Å². The van der Waals surface area contributed by atoms with E-state index in [1.165, 1.54) is 18.2 Å². The van der Waals surface area contributed by atoms with Gasteiger partial charge in [0.2, 0.25) is 5.91 Å². The number of primary amides is 1. The summed E-state index contributed by atoms with van der Waals surface area (Å²) in [6.07, 6.45) is -3.06. The zero-order valence-corrected chi connectivity index (χ0v) is 9.79. The van der Waals surface area contributed by atoms with Gasteiger partial charge in [-0.1, -0.05) is 6.07 Å². The van der Waals surface area contributed by atoms with E-state index in [2.05, 4.69) is 5.32 Å². The van der Waals surface area contributed by atoms with Crippen molar-refractivity contribution in [2.75, 3.05) is 5.32 Å². The summed E-state index contributed by atoms with van der Waals surface area (Å²) in [5.74, 6) is -2.12. The number of nitrogens with two attached hydrogens (primary N) is 1. The molecule has 100 valence electrons. The zero-order valence-electron chi connectivity index (χ0n) is 9.79. The lowest BCUT2D eigenvalue weighted by Crippen LogP contribution is -2.25. The van der Waals surface area contributed by atoms with Crippen LogP contribution >= 0.6 is 0 Å². The second kappa shape index (κ2) is 4.79. The topological polar surface area (TPSA) is 130 Å². The third kappa shape index (κ3) is 2.47. The van der Waals surface area contributed by atoms with Gasteiger partial charge in [-0.3, -0.25) is 14.4 Å². The Bertz CT molecular complexity index is 569. The molecule has 2 amide bonds. The predicted octanol–water partition coefficient (Wildman–Crippen LogP) is -0.909. The number of ketones is 1. The Labute approximate surface area is 108 Å². The molecule has 0 fully saturated rings. The third-order valence-electron chi connectivity index (χ3n) is 2.86. The van der Waals surface area contributed by atoms with Gasteiger partial charge in [0.1, 0.15) is 6.10 Å². The van der Waals surface area contributed by atoms with Gasteiger partial charge in [0.15, 0.2) is 0 Å². The Morgan fingerprint density at radius 1 is 1.32 bits per heavy atom. The van der Waals surface area contributed by atoms with Crippen molar-refractivity contribution < 1.29 is 24.6 Å². The number of carbonyl (C=O) groups excluding carboxylic acids is 3. The molecule has 0 spiro atoms. The van der Waals surface area contributed by atoms with Crippen LogP contribution in [0.25, 0.3) is 0 Å². The molecule has 1 heterocycles. The Hall–Kier alpha value is -2.25. The number of rotatable bonds is 4. The number of amides is 2. The number of carbonyl (C=O) groups is 3. The van der Waals surface area contributed by atoms with E-state index >= 15 is 0 Å². The number of anilines is 1. The van der Waals surface area contributed by atoms with E-state index in [4.69, 9.17) is 5.73 Å². The number of hydrogen-bond donors (Lipinski definition) is 4. The average molecular weight is 264 g/mol. The van der Waals surface area contributed by atoms with Gasteiger partial charge in [0, 0.05) is 0 Å². The van der Waals surface area contributed by atoms with Crippen LogP contribution in [0.3, 0.4) is 0 Å². The van der Waals surface area contributed by atoms with Crippen molar-refractivity contribution in [1.82, 2.24) is 0 Å². The molecule has 1 aromatic carbocycles. The van der Waals surface area contributed by atoms with Crippen molar-refractivity contribution in [3.8, 4) is 0 Å². The molecule has 0 bridgehead atoms. The molecule has 0 saturated carbocycles. The van der Waals surface area contributed by atoms with E-state index in [1.807, 2.05) is 0 Å². The number of aliphatic hydroxyl groups excluding tert-OH is 2. The summed E-state index contributed by atoms with van der Waals surface area (Å²) in [6, 6.07) is 4.17. The first-order valence-corrected chi connectivity index (χ1v) is 5.54. The standard InChI is InChI=1S/C12H12N2O5/c13-9(16)4-8(15)10(17)5-1-2-6-7(3-5)14-12(19)11(6)18/h1-3,8,10,15,17H,4H2,(H2,13,16)(H,14,18,19). The minimum Gasteiger partial charge on any atom is -0.390 e. The van der Waals surface area contributed by atoms with Gasteiger partial charge < -0.3 is 21.3 Å². The summed E-state index contributed by atoms with van der Waals surface area (Å²) in [7, 11) is 0. The number of aliphatic hydroxyl groups is 2. The highest BCUT2D eigenvalue weighted by Crippen LogP contribution is 2.28. The van der Waals surface area contributed by atoms with Crippen molar-refractivity contribution in [2.24, 2.45) is 5.73 Å². The van der Waals surface area contributed by atoms with Crippen LogP contribution in [0.1, 0.15) is 28.4 Å². The summed E-state index contributed by atoms with van der Waals surface area (Å²) < 4.78 is 0. The largest absolute Gasteiger partial charge is 0.390 e. The number of benzene rings is 1. The molecule has 1 aliphatic heterocycles. The maximum Gasteiger partial charge on any atom is 0.296 e. The fourth-order valence-electron chi connectivity index (χ4n) is 1.89. The van der Waals surface area contributed by atoms with Crippen molar-refractivity contribution in [2.45, 2.75) is 18.6 Å². The van der Waals surface area contributed by atoms with Crippen LogP contribution in [-0.2, 0) is 9.59 Å². The molecule has 0 aromatic heterocycles. The zero-order chi connectivity index (χ0) is 14.2. The fraction of sp³-hybridized carbons (Fsp3) is 0.250. The summed E-state index contributed by atoms with van der Waals surface area (Å²) in [4.78, 5) is 33.2. The first kappa shape index (κ1) is 13.2. The third-order valence-corrected chi connectivity index (χ3v) is 2.86. The molecule has 2 rings (SSSR count). The average Bonchev–Trinajstić information content (AvgIpc) is 2.63. The summed E-state index contributed by atoms with van der Waals surface area (Å²) >= 11 is 0. The van der Waals surface area contributed by atoms with Crippen LogP contribution in [0.2, 0.25) is 0 Å². The summed E-state index contributed by atoms with van der Waals surface area (Å²) in [6.45, 7) is 0. The van der Waals surface area contributed by atoms with Crippen molar-refractivity contribution in [3.05, 3.63) is 29.3 Å². The summed E-state index contributed by atoms with van der Waals surface area (Å²) in [5.41, 5.74) is 5.69. The van der Waals surface area contributed by atoms with Gasteiger partial charge in [-0.15, -0.1) is 0 Å². The lowest BCUT2D eigenvalue weighted by molar-refractivity contribution is -0.121. The summed E-state index contributed by atoms with van der Waals surface area (Å²) in [5, 5.41) is 21.8. The quantitative estimate of drug-likeness (QED) is 0.523. The molecule has 1 aliphatic rings. The Morgan fingerprint density at radius 3 is 2.63 bits per heavy atom. The molecule has 0 saturated heterocycles. The molecule has 5 N–H and O–H groups in total. The smallest absolute Gasteiger partial charge is 0.296 e. The highest BCUT2D eigenvalue weighted by molar-refractivity contribution is 6.51. The van der Waals surface area contributed by atoms with E-state index in [-0.39, 0.29) is 23.2 Å². The van der Waals surface area contributed by atoms with E-state index in [1.54, 1.807) is 0 Å². The molecule has 0 aliphatic carbocycles. The monoisotopic (exact) mass is 264 g/mol. The van der Waals surface area contributed by atoms with Crippen molar-refractivity contribution in [3.63, 3.8) is 0 Å². The van der Waals surface area contributed by atoms with Gasteiger partial charge in [-0.05, 0) is 17.7 Å². The van der Waals surface area contributed by atoms with Gasteiger partial charge >= 0.3 is 0 Å². The predicted molar refractivity (Wildman–Crippen MR) is 64.2 cm³/mol. The lowest BCUT2D eigenvalue weighted by Gasteiger charge is -2.17. The first-order chi connectivity index (χ1) is 8.90. The van der Waals surface area contributed by atoms with Gasteiger partial charge in [0.05, 0.1) is 23.8 Å². The highest BCUT2D eigenvalue weighted by Gasteiger charge is 2.29. The molecule has 0 radical (unpaired) electrons. The van der Waals surface area contributed by atoms with Crippen LogP contribution in [0.5, 0.6) is 0 Å². The normalized spacial score (nSPS) is 16.7. The molecular weight excluding hydrogens is 252 g/mol. The second-order valence-electron chi connectivity index (χ2n) is 4.27. The van der Waals surface area contributed by atoms with Crippen molar-refractivity contribution >= 4 is 23.3 Å². The molecule has 1 aromatic rings. The molecule has 2 unspecified atom stereocenters. The van der Waals surface area contributed by atoms with E-state index in [0.29, 0.717) is 0 Å². The lowest BCUT2D eigenvalue weighted by atomic mass is 9.99. The number of nitrogens with one attached hydrogen (secondary N) is 1.